The SMILES string of the molecule is CC(C)(C)C[PH+](CC[PH+](CC(C)(C)C)CC(C)(C)C)CC(C)(C)C.[Cl][Pt][Cl]. The van der Waals surface area contributed by atoms with Gasteiger partial charge in [0, 0.05) is 15.8 Å². The van der Waals surface area contributed by atoms with Gasteiger partial charge >= 0.3 is 35.3 Å². The Balaban J connectivity index is 0. The molecule has 0 saturated heterocycles. The summed E-state index contributed by atoms with van der Waals surface area (Å²) in [5.41, 5.74) is 2.00. The van der Waals surface area contributed by atoms with Gasteiger partial charge in [0.05, 0.1) is 37.0 Å². The summed E-state index contributed by atoms with van der Waals surface area (Å²) in [4.78, 5) is 0. The Kier molecular flexibility index (Phi) is 15.7. The molecule has 0 spiro atoms. The maximum atomic E-state index is 4.88. The van der Waals surface area contributed by atoms with E-state index < -0.39 is 16.5 Å². The molecule has 27 heavy (non-hydrogen) atoms. The minimum absolute atomic E-state index is 0.239. The second kappa shape index (κ2) is 13.5. The molecule has 0 N–H and O–H groups in total. The van der Waals surface area contributed by atoms with Crippen molar-refractivity contribution in [3.05, 3.63) is 0 Å². The van der Waals surface area contributed by atoms with E-state index in [0.29, 0.717) is 21.7 Å². The Labute approximate surface area is 192 Å². The summed E-state index contributed by atoms with van der Waals surface area (Å²) >= 11 is -0.472. The van der Waals surface area contributed by atoms with E-state index >= 15 is 0 Å². The van der Waals surface area contributed by atoms with Crippen molar-refractivity contribution in [1.29, 1.82) is 0 Å². The van der Waals surface area contributed by atoms with Crippen molar-refractivity contribution in [2.45, 2.75) is 83.1 Å². The number of rotatable bonds is 7. The first-order valence-corrected chi connectivity index (χ1v) is 20.1. The maximum absolute atomic E-state index is 4.88. The van der Waals surface area contributed by atoms with Crippen LogP contribution in [-0.2, 0) is 16.5 Å². The Bertz CT molecular complexity index is 306. The van der Waals surface area contributed by atoms with Crippen molar-refractivity contribution in [1.82, 2.24) is 0 Å². The van der Waals surface area contributed by atoms with E-state index in [1.54, 1.807) is 12.3 Å². The van der Waals surface area contributed by atoms with Crippen LogP contribution < -0.4 is 0 Å². The van der Waals surface area contributed by atoms with Crippen LogP contribution >= 0.6 is 34.7 Å². The van der Waals surface area contributed by atoms with Gasteiger partial charge in [0.15, 0.2) is 0 Å². The minimum atomic E-state index is -0.472. The second-order valence-electron chi connectivity index (χ2n) is 13.0. The van der Waals surface area contributed by atoms with E-state index in [0.717, 1.165) is 0 Å². The van der Waals surface area contributed by atoms with Crippen molar-refractivity contribution in [2.75, 3.05) is 37.0 Å². The normalized spacial score (nSPS) is 13.9. The molecule has 0 aliphatic carbocycles. The molecule has 0 aliphatic rings. The molecule has 0 saturated carbocycles. The standard InChI is InChI=1S/C22H48P2.2ClH.Pt/c1-19(2,3)15-23(16-20(4,5)6)13-14-24(17-21(7,8)9)18-22(10,11)12;;;/h13-18H2,1-12H3;2*1H;/q;;;+2. The van der Waals surface area contributed by atoms with E-state index in [2.05, 4.69) is 83.1 Å². The van der Waals surface area contributed by atoms with Crippen molar-refractivity contribution >= 4 is 34.7 Å². The molecule has 0 aromatic rings. The Hall–Kier alpha value is 2.13. The van der Waals surface area contributed by atoms with Crippen LogP contribution in [0.2, 0.25) is 0 Å². The molecule has 0 radical (unpaired) electrons. The van der Waals surface area contributed by atoms with Crippen LogP contribution in [-0.4, -0.2) is 37.0 Å². The van der Waals surface area contributed by atoms with Crippen LogP contribution in [0.15, 0.2) is 0 Å². The summed E-state index contributed by atoms with van der Waals surface area (Å²) < 4.78 is 0. The molecule has 0 aromatic carbocycles. The van der Waals surface area contributed by atoms with Gasteiger partial charge in [0.2, 0.25) is 0 Å². The van der Waals surface area contributed by atoms with E-state index in [4.69, 9.17) is 18.8 Å². The van der Waals surface area contributed by atoms with Crippen molar-refractivity contribution < 1.29 is 16.5 Å². The summed E-state index contributed by atoms with van der Waals surface area (Å²) in [7, 11) is 9.27. The van der Waals surface area contributed by atoms with Crippen LogP contribution in [0, 0.1) is 21.7 Å². The van der Waals surface area contributed by atoms with E-state index in [-0.39, 0.29) is 15.8 Å². The zero-order valence-electron chi connectivity index (χ0n) is 20.3. The van der Waals surface area contributed by atoms with Gasteiger partial charge in [0.1, 0.15) is 0 Å². The molecule has 0 rings (SSSR count). The second-order valence-corrected chi connectivity index (χ2v) is 21.7. The van der Waals surface area contributed by atoms with E-state index in [9.17, 15) is 0 Å². The van der Waals surface area contributed by atoms with Gasteiger partial charge < -0.3 is 0 Å². The van der Waals surface area contributed by atoms with Gasteiger partial charge in [-0.15, -0.1) is 0 Å². The first kappa shape index (κ1) is 31.3. The van der Waals surface area contributed by atoms with Crippen LogP contribution in [0.25, 0.3) is 0 Å². The van der Waals surface area contributed by atoms with Gasteiger partial charge in [0.25, 0.3) is 0 Å². The molecule has 0 amide bonds. The quantitative estimate of drug-likeness (QED) is 0.243. The third-order valence-corrected chi connectivity index (χ3v) is 12.6. The van der Waals surface area contributed by atoms with Crippen LogP contribution in [0.1, 0.15) is 83.1 Å². The summed E-state index contributed by atoms with van der Waals surface area (Å²) in [5, 5.41) is 0. The van der Waals surface area contributed by atoms with Gasteiger partial charge in [-0.1, -0.05) is 83.1 Å². The third kappa shape index (κ3) is 26.1. The van der Waals surface area contributed by atoms with Crippen LogP contribution in [0.4, 0.5) is 0 Å². The average molecular weight is 643 g/mol. The molecular formula is C22H50Cl2P2Pt+2. The Morgan fingerprint density at radius 3 is 0.741 bits per heavy atom. The van der Waals surface area contributed by atoms with Crippen molar-refractivity contribution in [2.24, 2.45) is 21.7 Å². The van der Waals surface area contributed by atoms with E-state index in [1.807, 2.05) is 0 Å². The van der Waals surface area contributed by atoms with Gasteiger partial charge in [-0.25, -0.2) is 0 Å². The van der Waals surface area contributed by atoms with Gasteiger partial charge in [-0.3, -0.25) is 0 Å². The number of halogens is 2. The number of hydrogen-bond donors (Lipinski definition) is 0. The Morgan fingerprint density at radius 1 is 0.481 bits per heavy atom. The topological polar surface area (TPSA) is 0 Å². The van der Waals surface area contributed by atoms with Crippen molar-refractivity contribution in [3.63, 3.8) is 0 Å². The first-order chi connectivity index (χ1) is 11.8. The fourth-order valence-electron chi connectivity index (χ4n) is 3.83. The zero-order chi connectivity index (χ0) is 22.1. The van der Waals surface area contributed by atoms with Crippen molar-refractivity contribution in [3.8, 4) is 0 Å². The zero-order valence-corrected chi connectivity index (χ0v) is 26.1. The summed E-state index contributed by atoms with van der Waals surface area (Å²) in [6, 6.07) is 0. The molecule has 170 valence electrons. The summed E-state index contributed by atoms with van der Waals surface area (Å²) in [6.07, 6.45) is 9.04. The summed E-state index contributed by atoms with van der Waals surface area (Å²) in [5.74, 6) is 0. The predicted octanol–water partition coefficient (Wildman–Crippen LogP) is 8.98. The first-order valence-electron chi connectivity index (χ1n) is 10.3. The molecule has 0 bridgehead atoms. The Morgan fingerprint density at radius 2 is 0.630 bits per heavy atom. The summed E-state index contributed by atoms with van der Waals surface area (Å²) in [6.45, 7) is 29.3. The molecule has 5 heteroatoms. The average Bonchev–Trinajstić information content (AvgIpc) is 2.28. The molecule has 0 fully saturated rings. The molecule has 0 atom stereocenters. The van der Waals surface area contributed by atoms with Gasteiger partial charge in [-0.2, -0.15) is 0 Å². The van der Waals surface area contributed by atoms with Crippen LogP contribution in [0.3, 0.4) is 0 Å². The van der Waals surface area contributed by atoms with E-state index in [1.165, 1.54) is 24.6 Å². The molecule has 0 heterocycles. The molecule has 0 aromatic heterocycles. The fourth-order valence-corrected chi connectivity index (χ4v) is 13.6. The third-order valence-electron chi connectivity index (χ3n) is 3.95. The predicted molar refractivity (Wildman–Crippen MR) is 135 cm³/mol. The molecule has 0 unspecified atom stereocenters. The van der Waals surface area contributed by atoms with Crippen LogP contribution in [0.5, 0.6) is 0 Å². The monoisotopic (exact) mass is 641 g/mol. The molecule has 0 aliphatic heterocycles. The number of hydrogen-bond acceptors (Lipinski definition) is 0. The van der Waals surface area contributed by atoms with Gasteiger partial charge in [-0.05, 0) is 21.7 Å². The molecular weight excluding hydrogens is 592 g/mol. The fraction of sp³-hybridized carbons (Fsp3) is 1.00. The molecule has 0 nitrogen and oxygen atoms in total.